The fourth-order valence-electron chi connectivity index (χ4n) is 0.829. The van der Waals surface area contributed by atoms with Gasteiger partial charge in [0.1, 0.15) is 6.10 Å². The van der Waals surface area contributed by atoms with Gasteiger partial charge >= 0.3 is 0 Å². The molecule has 0 bridgehead atoms. The van der Waals surface area contributed by atoms with Gasteiger partial charge in [0.25, 0.3) is 0 Å². The lowest BCUT2D eigenvalue weighted by Gasteiger charge is -2.09. The van der Waals surface area contributed by atoms with Gasteiger partial charge < -0.3 is 4.74 Å². The first-order chi connectivity index (χ1) is 5.35. The Bertz CT molecular complexity index is 113. The summed E-state index contributed by atoms with van der Waals surface area (Å²) in [6, 6.07) is 0. The summed E-state index contributed by atoms with van der Waals surface area (Å²) in [6.07, 6.45) is 11.1. The van der Waals surface area contributed by atoms with Crippen molar-refractivity contribution < 1.29 is 4.74 Å². The van der Waals surface area contributed by atoms with Crippen LogP contribution in [-0.4, -0.2) is 12.7 Å². The molecule has 0 heterocycles. The Morgan fingerprint density at radius 1 is 1.36 bits per heavy atom. The van der Waals surface area contributed by atoms with Crippen LogP contribution >= 0.6 is 0 Å². The number of ether oxygens (including phenoxy) is 1. The normalized spacial score (nSPS) is 12.5. The van der Waals surface area contributed by atoms with Crippen LogP contribution in [0.15, 0.2) is 0 Å². The number of rotatable bonds is 6. The molecule has 1 radical (unpaired) electrons. The van der Waals surface area contributed by atoms with E-state index in [1.165, 1.54) is 0 Å². The summed E-state index contributed by atoms with van der Waals surface area (Å²) < 4.78 is 5.37. The van der Waals surface area contributed by atoms with Gasteiger partial charge in [-0.15, -0.1) is 0 Å². The molecular formula is C10H17O. The molecule has 0 saturated carbocycles. The van der Waals surface area contributed by atoms with Crippen LogP contribution < -0.4 is 0 Å². The second kappa shape index (κ2) is 7.63. The predicted octanol–water partition coefficient (Wildman–Crippen LogP) is 2.56. The molecule has 0 saturated heterocycles. The molecule has 0 aliphatic rings. The standard InChI is InChI=1S/C10H17O/c1-4-7-9-11-10(6-3)8-5-2/h10H,4-5,7-9H2,1-2H3. The molecule has 1 atom stereocenters. The summed E-state index contributed by atoms with van der Waals surface area (Å²) in [4.78, 5) is 0. The molecule has 63 valence electrons. The average molecular weight is 153 g/mol. The van der Waals surface area contributed by atoms with Crippen molar-refractivity contribution in [2.24, 2.45) is 0 Å². The number of unbranched alkanes of at least 4 members (excludes halogenated alkanes) is 1. The van der Waals surface area contributed by atoms with Gasteiger partial charge in [-0.1, -0.05) is 32.6 Å². The fourth-order valence-corrected chi connectivity index (χ4v) is 0.829. The van der Waals surface area contributed by atoms with Crippen molar-refractivity contribution in [2.45, 2.75) is 45.6 Å². The highest BCUT2D eigenvalue weighted by Gasteiger charge is 2.01. The van der Waals surface area contributed by atoms with Gasteiger partial charge in [0, 0.05) is 6.61 Å². The van der Waals surface area contributed by atoms with Crippen LogP contribution in [0.2, 0.25) is 0 Å². The van der Waals surface area contributed by atoms with Gasteiger partial charge in [-0.05, 0) is 19.3 Å². The van der Waals surface area contributed by atoms with Gasteiger partial charge in [-0.25, -0.2) is 0 Å². The summed E-state index contributed by atoms with van der Waals surface area (Å²) in [5.74, 6) is 2.39. The van der Waals surface area contributed by atoms with E-state index in [1.807, 2.05) is 0 Å². The molecule has 0 aliphatic heterocycles. The topological polar surface area (TPSA) is 9.23 Å². The van der Waals surface area contributed by atoms with Gasteiger partial charge in [-0.2, -0.15) is 0 Å². The predicted molar refractivity (Wildman–Crippen MR) is 46.7 cm³/mol. The van der Waals surface area contributed by atoms with Crippen molar-refractivity contribution in [2.75, 3.05) is 6.61 Å². The minimum atomic E-state index is -0.0634. The minimum absolute atomic E-state index is 0.0634. The molecule has 1 unspecified atom stereocenters. The van der Waals surface area contributed by atoms with E-state index in [-0.39, 0.29) is 6.10 Å². The van der Waals surface area contributed by atoms with Crippen molar-refractivity contribution in [1.82, 2.24) is 0 Å². The summed E-state index contributed by atoms with van der Waals surface area (Å²) >= 11 is 0. The number of hydrogen-bond donors (Lipinski definition) is 0. The molecule has 0 N–H and O–H groups in total. The highest BCUT2D eigenvalue weighted by Crippen LogP contribution is 2.01. The fraction of sp³-hybridized carbons (Fsp3) is 0.800. The Kier molecular flexibility index (Phi) is 7.29. The summed E-state index contributed by atoms with van der Waals surface area (Å²) in [5.41, 5.74) is 0. The molecule has 0 aromatic heterocycles. The van der Waals surface area contributed by atoms with Crippen LogP contribution in [-0.2, 0) is 4.74 Å². The van der Waals surface area contributed by atoms with Crippen LogP contribution in [0.4, 0.5) is 0 Å². The molecule has 0 aliphatic carbocycles. The van der Waals surface area contributed by atoms with Gasteiger partial charge in [-0.3, -0.25) is 0 Å². The number of hydrogen-bond acceptors (Lipinski definition) is 1. The lowest BCUT2D eigenvalue weighted by atomic mass is 10.2. The van der Waals surface area contributed by atoms with Crippen molar-refractivity contribution >= 4 is 0 Å². The zero-order valence-electron chi connectivity index (χ0n) is 7.52. The van der Waals surface area contributed by atoms with Gasteiger partial charge in [0.05, 0.1) is 0 Å². The van der Waals surface area contributed by atoms with Crippen molar-refractivity contribution in [3.05, 3.63) is 6.42 Å². The smallest absolute Gasteiger partial charge is 0.119 e. The Hall–Kier alpha value is -0.480. The summed E-state index contributed by atoms with van der Waals surface area (Å²) in [6.45, 7) is 4.99. The van der Waals surface area contributed by atoms with E-state index < -0.39 is 0 Å². The van der Waals surface area contributed by atoms with Crippen LogP contribution in [0.3, 0.4) is 0 Å². The van der Waals surface area contributed by atoms with Crippen LogP contribution in [0.1, 0.15) is 39.5 Å². The van der Waals surface area contributed by atoms with E-state index in [2.05, 4.69) is 19.8 Å². The molecule has 0 rings (SSSR count). The minimum Gasteiger partial charge on any atom is -0.365 e. The molecule has 0 spiro atoms. The maximum atomic E-state index is 6.92. The Morgan fingerprint density at radius 3 is 2.55 bits per heavy atom. The molecule has 0 fully saturated rings. The second-order valence-electron chi connectivity index (χ2n) is 2.65. The van der Waals surface area contributed by atoms with Crippen molar-refractivity contribution in [3.8, 4) is 5.92 Å². The maximum absolute atomic E-state index is 6.92. The van der Waals surface area contributed by atoms with Crippen LogP contribution in [0.25, 0.3) is 0 Å². The maximum Gasteiger partial charge on any atom is 0.119 e. The zero-order valence-corrected chi connectivity index (χ0v) is 7.52. The van der Waals surface area contributed by atoms with Crippen molar-refractivity contribution in [3.63, 3.8) is 0 Å². The van der Waals surface area contributed by atoms with E-state index in [0.29, 0.717) is 0 Å². The molecule has 0 amide bonds. The highest BCUT2D eigenvalue weighted by atomic mass is 16.5. The van der Waals surface area contributed by atoms with E-state index in [4.69, 9.17) is 11.2 Å². The van der Waals surface area contributed by atoms with Crippen LogP contribution in [0.5, 0.6) is 0 Å². The van der Waals surface area contributed by atoms with Gasteiger partial charge in [0.2, 0.25) is 0 Å². The van der Waals surface area contributed by atoms with Gasteiger partial charge in [0.15, 0.2) is 0 Å². The third-order valence-electron chi connectivity index (χ3n) is 1.53. The third-order valence-corrected chi connectivity index (χ3v) is 1.53. The zero-order chi connectivity index (χ0) is 8.53. The monoisotopic (exact) mass is 153 g/mol. The Morgan fingerprint density at radius 2 is 2.09 bits per heavy atom. The first-order valence-electron chi connectivity index (χ1n) is 4.39. The molecule has 0 aromatic rings. The van der Waals surface area contributed by atoms with Crippen LogP contribution in [0, 0.1) is 12.3 Å². The van der Waals surface area contributed by atoms with E-state index >= 15 is 0 Å². The Balaban J connectivity index is 3.30. The summed E-state index contributed by atoms with van der Waals surface area (Å²) in [5, 5.41) is 0. The first kappa shape index (κ1) is 10.5. The molecular weight excluding hydrogens is 136 g/mol. The van der Waals surface area contributed by atoms with E-state index in [9.17, 15) is 0 Å². The largest absolute Gasteiger partial charge is 0.365 e. The first-order valence-corrected chi connectivity index (χ1v) is 4.39. The molecule has 1 nitrogen and oxygen atoms in total. The van der Waals surface area contributed by atoms with E-state index in [0.717, 1.165) is 32.3 Å². The van der Waals surface area contributed by atoms with Crippen molar-refractivity contribution in [1.29, 1.82) is 0 Å². The summed E-state index contributed by atoms with van der Waals surface area (Å²) in [7, 11) is 0. The lowest BCUT2D eigenvalue weighted by molar-refractivity contribution is 0.0829. The molecule has 0 aromatic carbocycles. The second-order valence-corrected chi connectivity index (χ2v) is 2.65. The van der Waals surface area contributed by atoms with E-state index in [1.54, 1.807) is 0 Å². The lowest BCUT2D eigenvalue weighted by Crippen LogP contribution is -2.10. The third kappa shape index (κ3) is 5.94. The quantitative estimate of drug-likeness (QED) is 0.421. The molecule has 1 heteroatoms. The SMILES string of the molecule is [C]#CC(CCC)OCCCC. The average Bonchev–Trinajstić information content (AvgIpc) is 2.03. The Labute approximate surface area is 70.1 Å². The molecule has 11 heavy (non-hydrogen) atoms. The highest BCUT2D eigenvalue weighted by molar-refractivity contribution is 4.87.